The highest BCUT2D eigenvalue weighted by molar-refractivity contribution is 7.89. The topological polar surface area (TPSA) is 112 Å². The van der Waals surface area contributed by atoms with Gasteiger partial charge in [0, 0.05) is 19.0 Å². The summed E-state index contributed by atoms with van der Waals surface area (Å²) in [7, 11) is -0.906. The lowest BCUT2D eigenvalue weighted by Crippen LogP contribution is -2.49. The van der Waals surface area contributed by atoms with Crippen molar-refractivity contribution >= 4 is 15.9 Å². The first-order chi connectivity index (χ1) is 15.7. The molecule has 0 aliphatic carbocycles. The van der Waals surface area contributed by atoms with E-state index in [9.17, 15) is 13.2 Å². The number of methoxy groups -OCH3 is 2. The summed E-state index contributed by atoms with van der Waals surface area (Å²) in [5, 5.41) is 2.79. The lowest BCUT2D eigenvalue weighted by Gasteiger charge is -2.22. The molecule has 1 atom stereocenters. The van der Waals surface area contributed by atoms with Crippen LogP contribution in [0.1, 0.15) is 25.8 Å². The van der Waals surface area contributed by atoms with Crippen molar-refractivity contribution in [2.24, 2.45) is 5.92 Å². The predicted octanol–water partition coefficient (Wildman–Crippen LogP) is 2.48. The molecule has 0 bridgehead atoms. The van der Waals surface area contributed by atoms with Crippen LogP contribution in [-0.4, -0.2) is 47.8 Å². The van der Waals surface area contributed by atoms with Gasteiger partial charge in [-0.15, -0.1) is 0 Å². The van der Waals surface area contributed by atoms with Crippen LogP contribution in [0.15, 0.2) is 41.3 Å². The van der Waals surface area contributed by atoms with Crippen molar-refractivity contribution in [2.45, 2.75) is 37.8 Å². The van der Waals surface area contributed by atoms with Crippen molar-refractivity contribution in [3.8, 4) is 23.0 Å². The second-order valence-corrected chi connectivity index (χ2v) is 9.62. The largest absolute Gasteiger partial charge is 0.493 e. The predicted molar refractivity (Wildman–Crippen MR) is 122 cm³/mol. The van der Waals surface area contributed by atoms with Gasteiger partial charge in [0.2, 0.25) is 15.9 Å². The Bertz CT molecular complexity index is 1090. The average Bonchev–Trinajstić information content (AvgIpc) is 3.05. The summed E-state index contributed by atoms with van der Waals surface area (Å²) < 4.78 is 50.2. The van der Waals surface area contributed by atoms with Gasteiger partial charge in [0.15, 0.2) is 23.0 Å². The molecule has 2 aromatic rings. The van der Waals surface area contributed by atoms with Crippen molar-refractivity contribution in [2.75, 3.05) is 27.4 Å². The van der Waals surface area contributed by atoms with Gasteiger partial charge in [-0.2, -0.15) is 4.72 Å². The van der Waals surface area contributed by atoms with Gasteiger partial charge >= 0.3 is 0 Å². The van der Waals surface area contributed by atoms with Crippen LogP contribution >= 0.6 is 0 Å². The van der Waals surface area contributed by atoms with Crippen molar-refractivity contribution in [1.29, 1.82) is 0 Å². The molecule has 1 unspecified atom stereocenters. The van der Waals surface area contributed by atoms with Crippen molar-refractivity contribution in [3.05, 3.63) is 42.0 Å². The first-order valence-electron chi connectivity index (χ1n) is 10.7. The van der Waals surface area contributed by atoms with Crippen LogP contribution in [0.25, 0.3) is 0 Å². The minimum atomic E-state index is -3.98. The van der Waals surface area contributed by atoms with Crippen molar-refractivity contribution in [1.82, 2.24) is 10.0 Å². The molecule has 1 amide bonds. The second-order valence-electron chi connectivity index (χ2n) is 7.91. The number of carbonyl (C=O) groups is 1. The van der Waals surface area contributed by atoms with Gasteiger partial charge in [-0.3, -0.25) is 4.79 Å². The van der Waals surface area contributed by atoms with Crippen LogP contribution < -0.4 is 29.0 Å². The highest BCUT2D eigenvalue weighted by Crippen LogP contribution is 2.32. The standard InChI is InChI=1S/C23H30N2O7S/c1-15(2)22(23(26)24-14-16-6-8-18(29-3)20(12-16)30-4)25-33(27,28)17-7-9-19-21(13-17)32-11-5-10-31-19/h6-9,12-13,15,22,25H,5,10-11,14H2,1-4H3,(H,24,26). The third-order valence-corrected chi connectivity index (χ3v) is 6.61. The Morgan fingerprint density at radius 1 is 1.00 bits per heavy atom. The van der Waals surface area contributed by atoms with Gasteiger partial charge in [0.25, 0.3) is 0 Å². The number of rotatable bonds is 9. The highest BCUT2D eigenvalue weighted by Gasteiger charge is 2.29. The summed E-state index contributed by atoms with van der Waals surface area (Å²) in [6.07, 6.45) is 0.713. The number of carbonyl (C=O) groups excluding carboxylic acids is 1. The number of sulfonamides is 1. The lowest BCUT2D eigenvalue weighted by molar-refractivity contribution is -0.123. The third-order valence-electron chi connectivity index (χ3n) is 5.18. The summed E-state index contributed by atoms with van der Waals surface area (Å²) in [6, 6.07) is 8.76. The van der Waals surface area contributed by atoms with E-state index in [4.69, 9.17) is 18.9 Å². The number of nitrogens with one attached hydrogen (secondary N) is 2. The minimum Gasteiger partial charge on any atom is -0.493 e. The Balaban J connectivity index is 1.72. The Labute approximate surface area is 194 Å². The third kappa shape index (κ3) is 6.08. The molecule has 1 aliphatic heterocycles. The SMILES string of the molecule is COc1ccc(CNC(=O)C(NS(=O)(=O)c2ccc3c(c2)OCCCO3)C(C)C)cc1OC. The van der Waals surface area contributed by atoms with Gasteiger partial charge in [-0.1, -0.05) is 19.9 Å². The van der Waals surface area contributed by atoms with Crippen LogP contribution in [-0.2, 0) is 21.4 Å². The molecule has 1 aliphatic rings. The van der Waals surface area contributed by atoms with E-state index in [1.165, 1.54) is 19.2 Å². The molecule has 1 heterocycles. The first-order valence-corrected chi connectivity index (χ1v) is 12.1. The van der Waals surface area contributed by atoms with Gasteiger partial charge in [0.1, 0.15) is 6.04 Å². The molecule has 33 heavy (non-hydrogen) atoms. The van der Waals surface area contributed by atoms with E-state index in [1.807, 2.05) is 0 Å². The number of hydrogen-bond donors (Lipinski definition) is 2. The molecule has 2 aromatic carbocycles. The second kappa shape index (κ2) is 10.8. The van der Waals surface area contributed by atoms with Crippen molar-refractivity contribution < 1.29 is 32.2 Å². The van der Waals surface area contributed by atoms with Gasteiger partial charge in [-0.25, -0.2) is 8.42 Å². The smallest absolute Gasteiger partial charge is 0.241 e. The summed E-state index contributed by atoms with van der Waals surface area (Å²) >= 11 is 0. The van der Waals surface area contributed by atoms with E-state index in [1.54, 1.807) is 45.2 Å². The average molecular weight is 479 g/mol. The van der Waals surface area contributed by atoms with E-state index in [2.05, 4.69) is 10.0 Å². The summed E-state index contributed by atoms with van der Waals surface area (Å²) in [5.41, 5.74) is 0.786. The van der Waals surface area contributed by atoms with E-state index in [0.29, 0.717) is 42.6 Å². The molecule has 10 heteroatoms. The number of amides is 1. The zero-order valence-corrected chi connectivity index (χ0v) is 20.0. The number of benzene rings is 2. The highest BCUT2D eigenvalue weighted by atomic mass is 32.2. The van der Waals surface area contributed by atoms with Gasteiger partial charge in [-0.05, 0) is 35.7 Å². The minimum absolute atomic E-state index is 0.00471. The molecule has 2 N–H and O–H groups in total. The summed E-state index contributed by atoms with van der Waals surface area (Å²) in [4.78, 5) is 12.9. The first kappa shape index (κ1) is 24.7. The Hall–Kier alpha value is -2.98. The molecular formula is C23H30N2O7S. The van der Waals surface area contributed by atoms with Crippen LogP contribution in [0.4, 0.5) is 0 Å². The normalized spacial score (nSPS) is 14.3. The summed E-state index contributed by atoms with van der Waals surface area (Å²) in [6.45, 7) is 4.70. The molecule has 0 radical (unpaired) electrons. The fourth-order valence-corrected chi connectivity index (χ4v) is 4.69. The van der Waals surface area contributed by atoms with Crippen LogP contribution in [0.2, 0.25) is 0 Å². The zero-order valence-electron chi connectivity index (χ0n) is 19.2. The molecule has 3 rings (SSSR count). The monoisotopic (exact) mass is 478 g/mol. The fraction of sp³-hybridized carbons (Fsp3) is 0.435. The van der Waals surface area contributed by atoms with E-state index >= 15 is 0 Å². The molecule has 0 saturated heterocycles. The van der Waals surface area contributed by atoms with Crippen molar-refractivity contribution in [3.63, 3.8) is 0 Å². The Morgan fingerprint density at radius 2 is 1.70 bits per heavy atom. The quantitative estimate of drug-likeness (QED) is 0.569. The van der Waals surface area contributed by atoms with Gasteiger partial charge in [0.05, 0.1) is 32.3 Å². The molecule has 9 nitrogen and oxygen atoms in total. The van der Waals surface area contributed by atoms with Crippen LogP contribution in [0.5, 0.6) is 23.0 Å². The number of hydrogen-bond acceptors (Lipinski definition) is 7. The van der Waals surface area contributed by atoms with E-state index in [-0.39, 0.29) is 17.4 Å². The molecular weight excluding hydrogens is 448 g/mol. The Kier molecular flexibility index (Phi) is 8.04. The van der Waals surface area contributed by atoms with E-state index in [0.717, 1.165) is 5.56 Å². The maximum Gasteiger partial charge on any atom is 0.241 e. The number of fused-ring (bicyclic) bond motifs is 1. The number of ether oxygens (including phenoxy) is 4. The fourth-order valence-electron chi connectivity index (χ4n) is 3.33. The molecule has 180 valence electrons. The molecule has 0 saturated carbocycles. The summed E-state index contributed by atoms with van der Waals surface area (Å²) in [5.74, 6) is 1.27. The van der Waals surface area contributed by atoms with Crippen LogP contribution in [0, 0.1) is 5.92 Å². The zero-order chi connectivity index (χ0) is 24.0. The lowest BCUT2D eigenvalue weighted by atomic mass is 10.0. The maximum absolute atomic E-state index is 13.0. The Morgan fingerprint density at radius 3 is 2.36 bits per heavy atom. The maximum atomic E-state index is 13.0. The molecule has 0 spiro atoms. The van der Waals surface area contributed by atoms with E-state index < -0.39 is 22.0 Å². The van der Waals surface area contributed by atoms with Crippen LogP contribution in [0.3, 0.4) is 0 Å². The van der Waals surface area contributed by atoms with Gasteiger partial charge < -0.3 is 24.3 Å². The molecule has 0 aromatic heterocycles. The molecule has 0 fully saturated rings.